The fourth-order valence-corrected chi connectivity index (χ4v) is 3.91. The fourth-order valence-electron chi connectivity index (χ4n) is 2.88. The second kappa shape index (κ2) is 11.2. The quantitative estimate of drug-likeness (QED) is 0.437. The van der Waals surface area contributed by atoms with Crippen molar-refractivity contribution in [1.82, 2.24) is 9.88 Å². The topological polar surface area (TPSA) is 54.9 Å². The molecule has 2 aromatic carbocycles. The maximum Gasteiger partial charge on any atom is 0.252 e. The van der Waals surface area contributed by atoms with Crippen molar-refractivity contribution in [2.24, 2.45) is 0 Å². The van der Waals surface area contributed by atoms with E-state index in [1.807, 2.05) is 19.0 Å². The SMILES string of the molecule is COc1ccc(C=CC(=O)N(CCN(C)C)c2nc3c(F)cc(F)cc3s2)cc1OC.Cl. The molecule has 0 spiro atoms. The average Bonchev–Trinajstić information content (AvgIpc) is 3.15. The van der Waals surface area contributed by atoms with Crippen LogP contribution in [-0.4, -0.2) is 57.2 Å². The van der Waals surface area contributed by atoms with Gasteiger partial charge < -0.3 is 14.4 Å². The maximum absolute atomic E-state index is 14.1. The molecule has 0 radical (unpaired) electrons. The lowest BCUT2D eigenvalue weighted by atomic mass is 10.2. The summed E-state index contributed by atoms with van der Waals surface area (Å²) in [5, 5.41) is 0.309. The van der Waals surface area contributed by atoms with E-state index in [-0.39, 0.29) is 23.8 Å². The van der Waals surface area contributed by atoms with Crippen LogP contribution in [0.1, 0.15) is 5.56 Å². The highest BCUT2D eigenvalue weighted by Crippen LogP contribution is 2.32. The number of halogens is 3. The Balaban J connectivity index is 0.00000363. The molecule has 10 heteroatoms. The fraction of sp³-hybridized carbons (Fsp3) is 0.273. The standard InChI is InChI=1S/C22H23F2N3O3S.ClH/c1-26(2)9-10-27(22-25-21-16(24)12-15(23)13-19(21)31-22)20(28)8-6-14-5-7-17(29-3)18(11-14)30-4;/h5-8,11-13H,9-10H2,1-4H3;1H. The zero-order chi connectivity index (χ0) is 22.5. The minimum Gasteiger partial charge on any atom is -0.493 e. The van der Waals surface area contributed by atoms with Crippen LogP contribution in [0.4, 0.5) is 13.9 Å². The van der Waals surface area contributed by atoms with Crippen molar-refractivity contribution in [3.8, 4) is 11.5 Å². The van der Waals surface area contributed by atoms with Gasteiger partial charge in [0.1, 0.15) is 11.3 Å². The number of benzene rings is 2. The summed E-state index contributed by atoms with van der Waals surface area (Å²) in [6, 6.07) is 7.30. The first-order valence-electron chi connectivity index (χ1n) is 9.44. The molecule has 0 bridgehead atoms. The number of ether oxygens (including phenoxy) is 2. The van der Waals surface area contributed by atoms with Crippen molar-refractivity contribution in [2.75, 3.05) is 46.3 Å². The summed E-state index contributed by atoms with van der Waals surface area (Å²) in [5.74, 6) is -0.623. The highest BCUT2D eigenvalue weighted by molar-refractivity contribution is 7.22. The van der Waals surface area contributed by atoms with Crippen molar-refractivity contribution >= 4 is 51.1 Å². The lowest BCUT2D eigenvalue weighted by Gasteiger charge is -2.20. The number of amides is 1. The Hall–Kier alpha value is -2.75. The van der Waals surface area contributed by atoms with Gasteiger partial charge in [-0.3, -0.25) is 9.69 Å². The van der Waals surface area contributed by atoms with Crippen LogP contribution in [0.25, 0.3) is 16.3 Å². The summed E-state index contributed by atoms with van der Waals surface area (Å²) in [7, 11) is 6.85. The van der Waals surface area contributed by atoms with Crippen LogP contribution < -0.4 is 14.4 Å². The van der Waals surface area contributed by atoms with Gasteiger partial charge in [-0.2, -0.15) is 0 Å². The van der Waals surface area contributed by atoms with Crippen molar-refractivity contribution in [3.63, 3.8) is 0 Å². The van der Waals surface area contributed by atoms with Crippen molar-refractivity contribution in [2.45, 2.75) is 0 Å². The molecule has 1 heterocycles. The largest absolute Gasteiger partial charge is 0.493 e. The third-order valence-electron chi connectivity index (χ3n) is 4.50. The molecule has 6 nitrogen and oxygen atoms in total. The predicted octanol–water partition coefficient (Wildman–Crippen LogP) is 4.62. The lowest BCUT2D eigenvalue weighted by Crippen LogP contribution is -2.35. The monoisotopic (exact) mass is 483 g/mol. The molecule has 1 amide bonds. The Kier molecular flexibility index (Phi) is 8.94. The van der Waals surface area contributed by atoms with Gasteiger partial charge in [0.05, 0.1) is 18.9 Å². The van der Waals surface area contributed by atoms with Gasteiger partial charge in [0, 0.05) is 25.2 Å². The van der Waals surface area contributed by atoms with Gasteiger partial charge in [-0.05, 0) is 43.9 Å². The molecule has 0 aliphatic carbocycles. The number of likely N-dealkylation sites (N-methyl/N-ethyl adjacent to an activating group) is 1. The number of fused-ring (bicyclic) bond motifs is 1. The number of thiazole rings is 1. The third kappa shape index (κ3) is 5.93. The Labute approximate surface area is 195 Å². The molecule has 172 valence electrons. The number of aromatic nitrogens is 1. The van der Waals surface area contributed by atoms with Crippen LogP contribution in [-0.2, 0) is 4.79 Å². The number of nitrogens with zero attached hydrogens (tertiary/aromatic N) is 3. The number of carbonyl (C=O) groups excluding carboxylic acids is 1. The van der Waals surface area contributed by atoms with Gasteiger partial charge in [0.2, 0.25) is 0 Å². The summed E-state index contributed by atoms with van der Waals surface area (Å²) < 4.78 is 38.5. The maximum atomic E-state index is 14.1. The molecular weight excluding hydrogens is 460 g/mol. The number of rotatable bonds is 8. The highest BCUT2D eigenvalue weighted by atomic mass is 35.5. The molecule has 32 heavy (non-hydrogen) atoms. The van der Waals surface area contributed by atoms with Crippen LogP contribution in [0.5, 0.6) is 11.5 Å². The molecule has 1 aromatic heterocycles. The molecule has 0 aliphatic heterocycles. The number of hydrogen-bond acceptors (Lipinski definition) is 6. The molecule has 0 saturated carbocycles. The smallest absolute Gasteiger partial charge is 0.252 e. The van der Waals surface area contributed by atoms with Gasteiger partial charge in [-0.1, -0.05) is 17.4 Å². The molecule has 0 atom stereocenters. The number of anilines is 1. The Morgan fingerprint density at radius 2 is 1.81 bits per heavy atom. The molecule has 3 aromatic rings. The Morgan fingerprint density at radius 1 is 1.09 bits per heavy atom. The van der Waals surface area contributed by atoms with Gasteiger partial charge >= 0.3 is 0 Å². The van der Waals surface area contributed by atoms with Gasteiger partial charge in [-0.25, -0.2) is 13.8 Å². The minimum absolute atomic E-state index is 0. The van der Waals surface area contributed by atoms with E-state index in [0.717, 1.165) is 23.0 Å². The van der Waals surface area contributed by atoms with E-state index in [9.17, 15) is 13.6 Å². The van der Waals surface area contributed by atoms with Crippen LogP contribution in [0.15, 0.2) is 36.4 Å². The second-order valence-corrected chi connectivity index (χ2v) is 7.98. The number of hydrogen-bond donors (Lipinski definition) is 0. The van der Waals surface area contributed by atoms with Crippen molar-refractivity contribution in [1.29, 1.82) is 0 Å². The number of carbonyl (C=O) groups is 1. The van der Waals surface area contributed by atoms with Gasteiger partial charge in [0.15, 0.2) is 22.4 Å². The molecule has 3 rings (SSSR count). The van der Waals surface area contributed by atoms with E-state index in [1.54, 1.807) is 31.4 Å². The van der Waals surface area contributed by atoms with Crippen molar-refractivity contribution in [3.05, 3.63) is 53.6 Å². The van der Waals surface area contributed by atoms with E-state index < -0.39 is 11.6 Å². The van der Waals surface area contributed by atoms with Crippen LogP contribution in [0.3, 0.4) is 0 Å². The first kappa shape index (κ1) is 25.5. The van der Waals surface area contributed by atoms with Crippen molar-refractivity contribution < 1.29 is 23.0 Å². The van der Waals surface area contributed by atoms with Gasteiger partial charge in [0.25, 0.3) is 5.91 Å². The predicted molar refractivity (Wildman–Crippen MR) is 126 cm³/mol. The average molecular weight is 484 g/mol. The first-order chi connectivity index (χ1) is 14.8. The molecule has 0 N–H and O–H groups in total. The molecule has 0 fully saturated rings. The summed E-state index contributed by atoms with van der Waals surface area (Å²) in [6.07, 6.45) is 3.07. The van der Waals surface area contributed by atoms with Crippen LogP contribution in [0, 0.1) is 11.6 Å². The zero-order valence-electron chi connectivity index (χ0n) is 18.1. The molecule has 0 saturated heterocycles. The number of methoxy groups -OCH3 is 2. The van der Waals surface area contributed by atoms with Crippen LogP contribution in [0.2, 0.25) is 0 Å². The van der Waals surface area contributed by atoms with E-state index >= 15 is 0 Å². The third-order valence-corrected chi connectivity index (χ3v) is 5.52. The van der Waals surface area contributed by atoms with Crippen LogP contribution >= 0.6 is 23.7 Å². The van der Waals surface area contributed by atoms with E-state index in [4.69, 9.17) is 9.47 Å². The lowest BCUT2D eigenvalue weighted by molar-refractivity contribution is -0.114. The summed E-state index contributed by atoms with van der Waals surface area (Å²) >= 11 is 1.07. The summed E-state index contributed by atoms with van der Waals surface area (Å²) in [4.78, 5) is 20.6. The normalized spacial score (nSPS) is 11.1. The van der Waals surface area contributed by atoms with E-state index in [0.29, 0.717) is 34.4 Å². The minimum atomic E-state index is -0.752. The zero-order valence-corrected chi connectivity index (χ0v) is 19.7. The summed E-state index contributed by atoms with van der Waals surface area (Å²) in [5.41, 5.74) is 0.795. The molecular formula is C22H24ClF2N3O3S. The molecule has 0 unspecified atom stereocenters. The first-order valence-corrected chi connectivity index (χ1v) is 10.3. The summed E-state index contributed by atoms with van der Waals surface area (Å²) in [6.45, 7) is 0.911. The van der Waals surface area contributed by atoms with Gasteiger partial charge in [-0.15, -0.1) is 12.4 Å². The molecule has 0 aliphatic rings. The highest BCUT2D eigenvalue weighted by Gasteiger charge is 2.20. The Bertz CT molecular complexity index is 1120. The second-order valence-electron chi connectivity index (χ2n) is 6.97. The Morgan fingerprint density at radius 3 is 2.47 bits per heavy atom. The van der Waals surface area contributed by atoms with E-state index in [1.165, 1.54) is 24.2 Å². The van der Waals surface area contributed by atoms with E-state index in [2.05, 4.69) is 4.98 Å².